The van der Waals surface area contributed by atoms with Crippen molar-refractivity contribution in [2.45, 2.75) is 6.10 Å². The van der Waals surface area contributed by atoms with Crippen LogP contribution in [-0.4, -0.2) is 5.11 Å². The SMILES string of the molecule is OC(c1cccc(I)c1)c1ccc(F)c2ccccc12. The number of halogens is 2. The highest BCUT2D eigenvalue weighted by molar-refractivity contribution is 14.1. The van der Waals surface area contributed by atoms with Crippen LogP contribution in [0.4, 0.5) is 4.39 Å². The molecule has 0 saturated heterocycles. The average Bonchev–Trinajstić information content (AvgIpc) is 2.47. The zero-order valence-corrected chi connectivity index (χ0v) is 12.7. The third kappa shape index (κ3) is 2.43. The fraction of sp³-hybridized carbons (Fsp3) is 0.0588. The summed E-state index contributed by atoms with van der Waals surface area (Å²) in [4.78, 5) is 0. The Morgan fingerprint density at radius 1 is 0.900 bits per heavy atom. The maximum atomic E-state index is 13.8. The minimum atomic E-state index is -0.754. The third-order valence-electron chi connectivity index (χ3n) is 3.36. The van der Waals surface area contributed by atoms with Crippen molar-refractivity contribution in [2.75, 3.05) is 0 Å². The highest BCUT2D eigenvalue weighted by Gasteiger charge is 2.15. The van der Waals surface area contributed by atoms with Crippen molar-refractivity contribution in [1.29, 1.82) is 0 Å². The van der Waals surface area contributed by atoms with Gasteiger partial charge in [-0.05, 0) is 57.3 Å². The molecule has 0 radical (unpaired) electrons. The highest BCUT2D eigenvalue weighted by Crippen LogP contribution is 2.30. The summed E-state index contributed by atoms with van der Waals surface area (Å²) in [6.45, 7) is 0. The first-order valence-corrected chi connectivity index (χ1v) is 7.35. The van der Waals surface area contributed by atoms with Gasteiger partial charge in [-0.25, -0.2) is 4.39 Å². The minimum Gasteiger partial charge on any atom is -0.384 e. The summed E-state index contributed by atoms with van der Waals surface area (Å²) in [6.07, 6.45) is -0.754. The monoisotopic (exact) mass is 378 g/mol. The molecule has 3 rings (SSSR count). The van der Waals surface area contributed by atoms with Crippen LogP contribution in [0.5, 0.6) is 0 Å². The number of benzene rings is 3. The van der Waals surface area contributed by atoms with Gasteiger partial charge in [-0.1, -0.05) is 42.5 Å². The Labute approximate surface area is 130 Å². The second-order valence-electron chi connectivity index (χ2n) is 4.64. The summed E-state index contributed by atoms with van der Waals surface area (Å²) in [6, 6.07) is 18.0. The number of aliphatic hydroxyl groups excluding tert-OH is 1. The number of fused-ring (bicyclic) bond motifs is 1. The molecule has 1 unspecified atom stereocenters. The van der Waals surface area contributed by atoms with Crippen LogP contribution in [0.2, 0.25) is 0 Å². The quantitative estimate of drug-likeness (QED) is 0.643. The zero-order chi connectivity index (χ0) is 14.1. The first kappa shape index (κ1) is 13.5. The van der Waals surface area contributed by atoms with Crippen molar-refractivity contribution in [3.8, 4) is 0 Å². The van der Waals surface area contributed by atoms with Gasteiger partial charge in [0.25, 0.3) is 0 Å². The van der Waals surface area contributed by atoms with Gasteiger partial charge in [0.1, 0.15) is 11.9 Å². The largest absolute Gasteiger partial charge is 0.384 e. The fourth-order valence-electron chi connectivity index (χ4n) is 2.38. The van der Waals surface area contributed by atoms with Crippen LogP contribution in [0.15, 0.2) is 60.7 Å². The molecule has 0 aliphatic rings. The molecule has 0 amide bonds. The van der Waals surface area contributed by atoms with Crippen LogP contribution in [0.25, 0.3) is 10.8 Å². The molecule has 0 aromatic heterocycles. The van der Waals surface area contributed by atoms with Crippen LogP contribution >= 0.6 is 22.6 Å². The van der Waals surface area contributed by atoms with Crippen LogP contribution in [0.3, 0.4) is 0 Å². The van der Waals surface area contributed by atoms with Crippen LogP contribution in [0.1, 0.15) is 17.2 Å². The van der Waals surface area contributed by atoms with E-state index in [0.29, 0.717) is 5.39 Å². The van der Waals surface area contributed by atoms with Crippen molar-refractivity contribution < 1.29 is 9.50 Å². The Kier molecular flexibility index (Phi) is 3.72. The molecule has 3 aromatic carbocycles. The predicted molar refractivity (Wildman–Crippen MR) is 87.1 cm³/mol. The molecule has 0 bridgehead atoms. The molecule has 0 aliphatic heterocycles. The van der Waals surface area contributed by atoms with Crippen molar-refractivity contribution in [3.63, 3.8) is 0 Å². The molecule has 1 nitrogen and oxygen atoms in total. The molecule has 3 heteroatoms. The number of aliphatic hydroxyl groups is 1. The Morgan fingerprint density at radius 2 is 1.65 bits per heavy atom. The Morgan fingerprint density at radius 3 is 2.40 bits per heavy atom. The lowest BCUT2D eigenvalue weighted by Gasteiger charge is -2.15. The van der Waals surface area contributed by atoms with E-state index in [0.717, 1.165) is 20.1 Å². The molecule has 1 atom stereocenters. The standard InChI is InChI=1S/C17H12FIO/c18-16-9-8-15(13-6-1-2-7-14(13)16)17(20)11-4-3-5-12(19)10-11/h1-10,17,20H. The number of rotatable bonds is 2. The summed E-state index contributed by atoms with van der Waals surface area (Å²) in [7, 11) is 0. The predicted octanol–water partition coefficient (Wildman–Crippen LogP) is 4.67. The molecule has 0 fully saturated rings. The molecule has 0 heterocycles. The van der Waals surface area contributed by atoms with Gasteiger partial charge in [0.2, 0.25) is 0 Å². The van der Waals surface area contributed by atoms with E-state index < -0.39 is 6.10 Å². The van der Waals surface area contributed by atoms with Gasteiger partial charge in [0.05, 0.1) is 0 Å². The first-order chi connectivity index (χ1) is 9.66. The molecule has 20 heavy (non-hydrogen) atoms. The number of hydrogen-bond donors (Lipinski definition) is 1. The maximum absolute atomic E-state index is 13.8. The normalized spacial score (nSPS) is 12.6. The van der Waals surface area contributed by atoms with Gasteiger partial charge < -0.3 is 5.11 Å². The third-order valence-corrected chi connectivity index (χ3v) is 4.03. The van der Waals surface area contributed by atoms with E-state index in [1.54, 1.807) is 18.2 Å². The summed E-state index contributed by atoms with van der Waals surface area (Å²) < 4.78 is 14.9. The van der Waals surface area contributed by atoms with E-state index in [-0.39, 0.29) is 5.82 Å². The second-order valence-corrected chi connectivity index (χ2v) is 5.89. The van der Waals surface area contributed by atoms with Gasteiger partial charge >= 0.3 is 0 Å². The van der Waals surface area contributed by atoms with E-state index in [1.165, 1.54) is 6.07 Å². The van der Waals surface area contributed by atoms with Crippen molar-refractivity contribution in [2.24, 2.45) is 0 Å². The van der Waals surface area contributed by atoms with Crippen LogP contribution in [-0.2, 0) is 0 Å². The summed E-state index contributed by atoms with van der Waals surface area (Å²) in [5.74, 6) is -0.265. The van der Waals surface area contributed by atoms with Crippen molar-refractivity contribution >= 4 is 33.4 Å². The Bertz CT molecular complexity index is 770. The fourth-order valence-corrected chi connectivity index (χ4v) is 2.95. The lowest BCUT2D eigenvalue weighted by molar-refractivity contribution is 0.222. The van der Waals surface area contributed by atoms with E-state index in [4.69, 9.17) is 0 Å². The second kappa shape index (κ2) is 5.50. The molecular weight excluding hydrogens is 366 g/mol. The smallest absolute Gasteiger partial charge is 0.131 e. The molecule has 0 spiro atoms. The Hall–Kier alpha value is -1.46. The topological polar surface area (TPSA) is 20.2 Å². The average molecular weight is 378 g/mol. The highest BCUT2D eigenvalue weighted by atomic mass is 127. The Balaban J connectivity index is 2.17. The van der Waals surface area contributed by atoms with Gasteiger partial charge in [0, 0.05) is 8.96 Å². The summed E-state index contributed by atoms with van der Waals surface area (Å²) in [5, 5.41) is 11.9. The van der Waals surface area contributed by atoms with Gasteiger partial charge in [-0.2, -0.15) is 0 Å². The lowest BCUT2D eigenvalue weighted by atomic mass is 9.96. The van der Waals surface area contributed by atoms with Gasteiger partial charge in [-0.15, -0.1) is 0 Å². The summed E-state index contributed by atoms with van der Waals surface area (Å²) >= 11 is 2.21. The molecule has 0 saturated carbocycles. The van der Waals surface area contributed by atoms with Crippen LogP contribution < -0.4 is 0 Å². The van der Waals surface area contributed by atoms with Crippen molar-refractivity contribution in [3.05, 3.63) is 81.2 Å². The molecule has 3 aromatic rings. The molecule has 1 N–H and O–H groups in total. The molecule has 100 valence electrons. The van der Waals surface area contributed by atoms with E-state index in [9.17, 15) is 9.50 Å². The lowest BCUT2D eigenvalue weighted by Crippen LogP contribution is -2.01. The van der Waals surface area contributed by atoms with E-state index in [2.05, 4.69) is 22.6 Å². The minimum absolute atomic E-state index is 0.265. The van der Waals surface area contributed by atoms with Gasteiger partial charge in [-0.3, -0.25) is 0 Å². The zero-order valence-electron chi connectivity index (χ0n) is 10.6. The van der Waals surface area contributed by atoms with Crippen LogP contribution in [0, 0.1) is 9.39 Å². The van der Waals surface area contributed by atoms with Crippen molar-refractivity contribution in [1.82, 2.24) is 0 Å². The maximum Gasteiger partial charge on any atom is 0.131 e. The first-order valence-electron chi connectivity index (χ1n) is 6.27. The summed E-state index contributed by atoms with van der Waals surface area (Å²) in [5.41, 5.74) is 1.54. The molecule has 0 aliphatic carbocycles. The number of hydrogen-bond acceptors (Lipinski definition) is 1. The van der Waals surface area contributed by atoms with E-state index in [1.807, 2.05) is 36.4 Å². The van der Waals surface area contributed by atoms with E-state index >= 15 is 0 Å². The van der Waals surface area contributed by atoms with Gasteiger partial charge in [0.15, 0.2) is 0 Å². The molecular formula is C17H12FIO.